The summed E-state index contributed by atoms with van der Waals surface area (Å²) in [5, 5.41) is 4.72. The van der Waals surface area contributed by atoms with Gasteiger partial charge in [-0.1, -0.05) is 23.4 Å². The number of thioether (sulfide) groups is 1. The van der Waals surface area contributed by atoms with E-state index in [4.69, 9.17) is 21.3 Å². The number of halogens is 1. The lowest BCUT2D eigenvalue weighted by Crippen LogP contribution is -2.28. The number of rotatable bonds is 8. The molecule has 2 heterocycles. The Kier molecular flexibility index (Phi) is 7.32. The van der Waals surface area contributed by atoms with Crippen molar-refractivity contribution < 1.29 is 9.53 Å². The molecule has 1 aliphatic rings. The maximum atomic E-state index is 13.6. The molecular weight excluding hydrogens is 454 g/mol. The Morgan fingerprint density at radius 1 is 1.29 bits per heavy atom. The minimum atomic E-state index is -0.0939. The van der Waals surface area contributed by atoms with Gasteiger partial charge in [-0.3, -0.25) is 14.2 Å². The third kappa shape index (κ3) is 4.98. The van der Waals surface area contributed by atoms with Crippen LogP contribution in [0.5, 0.6) is 0 Å². The number of fused-ring (bicyclic) bond motifs is 3. The Balaban J connectivity index is 1.69. The fraction of sp³-hybridized carbons (Fsp3) is 0.409. The van der Waals surface area contributed by atoms with E-state index in [2.05, 4.69) is 5.32 Å². The molecular formula is C22H24ClN3O3S2. The second-order valence-electron chi connectivity index (χ2n) is 7.39. The number of methoxy groups -OCH3 is 1. The van der Waals surface area contributed by atoms with Crippen LogP contribution < -0.4 is 10.9 Å². The van der Waals surface area contributed by atoms with Crippen LogP contribution in [0.15, 0.2) is 34.2 Å². The van der Waals surface area contributed by atoms with Gasteiger partial charge in [0.15, 0.2) is 5.16 Å². The van der Waals surface area contributed by atoms with Gasteiger partial charge in [0.25, 0.3) is 5.56 Å². The molecule has 31 heavy (non-hydrogen) atoms. The van der Waals surface area contributed by atoms with Crippen molar-refractivity contribution in [2.45, 2.75) is 37.3 Å². The second kappa shape index (κ2) is 10.2. The molecule has 0 atom stereocenters. The number of thiophene rings is 1. The number of nitrogens with zero attached hydrogens (tertiary/aromatic N) is 2. The number of benzene rings is 1. The van der Waals surface area contributed by atoms with Crippen molar-refractivity contribution in [1.29, 1.82) is 0 Å². The Morgan fingerprint density at radius 3 is 2.84 bits per heavy atom. The van der Waals surface area contributed by atoms with Crippen LogP contribution in [0.3, 0.4) is 0 Å². The lowest BCUT2D eigenvalue weighted by atomic mass is 9.97. The Hall–Kier alpha value is -1.87. The number of hydrogen-bond donors (Lipinski definition) is 1. The predicted molar refractivity (Wildman–Crippen MR) is 127 cm³/mol. The molecule has 0 unspecified atom stereocenters. The van der Waals surface area contributed by atoms with Crippen LogP contribution in [0.25, 0.3) is 15.9 Å². The molecule has 9 heteroatoms. The Morgan fingerprint density at radius 2 is 2.06 bits per heavy atom. The smallest absolute Gasteiger partial charge is 0.267 e. The van der Waals surface area contributed by atoms with Gasteiger partial charge in [0.05, 0.1) is 16.8 Å². The minimum Gasteiger partial charge on any atom is -0.385 e. The molecule has 1 aromatic carbocycles. The van der Waals surface area contributed by atoms with Gasteiger partial charge >= 0.3 is 0 Å². The number of carbonyl (C=O) groups excluding carboxylic acids is 1. The van der Waals surface area contributed by atoms with E-state index >= 15 is 0 Å². The van der Waals surface area contributed by atoms with Crippen molar-refractivity contribution in [3.05, 3.63) is 50.1 Å². The molecule has 1 N–H and O–H groups in total. The monoisotopic (exact) mass is 477 g/mol. The highest BCUT2D eigenvalue weighted by Crippen LogP contribution is 2.35. The van der Waals surface area contributed by atoms with E-state index in [1.54, 1.807) is 35.1 Å². The molecule has 0 saturated carbocycles. The molecule has 0 saturated heterocycles. The number of hydrogen-bond acceptors (Lipinski definition) is 6. The van der Waals surface area contributed by atoms with Crippen LogP contribution in [-0.2, 0) is 22.4 Å². The van der Waals surface area contributed by atoms with Crippen molar-refractivity contribution in [1.82, 2.24) is 14.9 Å². The molecule has 1 amide bonds. The van der Waals surface area contributed by atoms with E-state index in [0.717, 1.165) is 47.9 Å². The fourth-order valence-corrected chi connectivity index (χ4v) is 6.00. The number of amides is 1. The number of ether oxygens (including phenoxy) is 1. The van der Waals surface area contributed by atoms with Gasteiger partial charge in [0.1, 0.15) is 4.83 Å². The van der Waals surface area contributed by atoms with E-state index < -0.39 is 0 Å². The summed E-state index contributed by atoms with van der Waals surface area (Å²) in [6.45, 7) is 1.16. The van der Waals surface area contributed by atoms with E-state index in [9.17, 15) is 9.59 Å². The van der Waals surface area contributed by atoms with Crippen molar-refractivity contribution in [2.75, 3.05) is 26.0 Å². The minimum absolute atomic E-state index is 0.0743. The first kappa shape index (κ1) is 22.3. The zero-order valence-electron chi connectivity index (χ0n) is 17.3. The van der Waals surface area contributed by atoms with Crippen LogP contribution in [0, 0.1) is 0 Å². The highest BCUT2D eigenvalue weighted by Gasteiger charge is 2.23. The maximum absolute atomic E-state index is 13.6. The van der Waals surface area contributed by atoms with E-state index in [-0.39, 0.29) is 17.2 Å². The summed E-state index contributed by atoms with van der Waals surface area (Å²) in [6, 6.07) is 7.14. The van der Waals surface area contributed by atoms with Gasteiger partial charge in [0.2, 0.25) is 5.91 Å². The topological polar surface area (TPSA) is 73.2 Å². The number of nitrogens with one attached hydrogen (secondary N) is 1. The first-order valence-corrected chi connectivity index (χ1v) is 12.5. The summed E-state index contributed by atoms with van der Waals surface area (Å²) in [4.78, 5) is 32.8. The fourth-order valence-electron chi connectivity index (χ4n) is 3.73. The quantitative estimate of drug-likeness (QED) is 0.298. The Bertz CT molecular complexity index is 1140. The van der Waals surface area contributed by atoms with E-state index in [1.165, 1.54) is 16.6 Å². The van der Waals surface area contributed by atoms with Crippen LogP contribution >= 0.6 is 34.7 Å². The highest BCUT2D eigenvalue weighted by molar-refractivity contribution is 7.99. The lowest BCUT2D eigenvalue weighted by molar-refractivity contribution is -0.118. The summed E-state index contributed by atoms with van der Waals surface area (Å²) in [5.41, 5.74) is 1.77. The third-order valence-electron chi connectivity index (χ3n) is 5.22. The average molecular weight is 478 g/mol. The summed E-state index contributed by atoms with van der Waals surface area (Å²) in [5.74, 6) is 0.0902. The zero-order valence-corrected chi connectivity index (χ0v) is 19.7. The van der Waals surface area contributed by atoms with Gasteiger partial charge in [-0.15, -0.1) is 11.3 Å². The SMILES string of the molecule is COCCCNC(=O)CSc1nc2sc3c(c2c(=O)n1-c1ccc(Cl)cc1)CCCC3. The van der Waals surface area contributed by atoms with Gasteiger partial charge < -0.3 is 10.1 Å². The lowest BCUT2D eigenvalue weighted by Gasteiger charge is -2.14. The van der Waals surface area contributed by atoms with Gasteiger partial charge in [-0.05, 0) is 61.9 Å². The molecule has 6 nitrogen and oxygen atoms in total. The third-order valence-corrected chi connectivity index (χ3v) is 7.60. The summed E-state index contributed by atoms with van der Waals surface area (Å²) < 4.78 is 6.62. The molecule has 0 bridgehead atoms. The molecule has 0 fully saturated rings. The van der Waals surface area contributed by atoms with Crippen molar-refractivity contribution in [3.63, 3.8) is 0 Å². The number of carbonyl (C=O) groups is 1. The van der Waals surface area contributed by atoms with Crippen LogP contribution in [0.2, 0.25) is 5.02 Å². The largest absolute Gasteiger partial charge is 0.385 e. The second-order valence-corrected chi connectivity index (χ2v) is 9.85. The number of aromatic nitrogens is 2. The van der Waals surface area contributed by atoms with E-state index in [0.29, 0.717) is 29.0 Å². The standard InChI is InChI=1S/C22H24ClN3O3S2/c1-29-12-4-11-24-18(27)13-30-22-25-20-19(16-5-2-3-6-17(16)31-20)21(28)26(22)15-9-7-14(23)8-10-15/h7-10H,2-6,11-13H2,1H3,(H,24,27). The highest BCUT2D eigenvalue weighted by atomic mass is 35.5. The summed E-state index contributed by atoms with van der Waals surface area (Å²) in [6.07, 6.45) is 4.93. The summed E-state index contributed by atoms with van der Waals surface area (Å²) >= 11 is 8.95. The molecule has 2 aromatic heterocycles. The first-order valence-electron chi connectivity index (χ1n) is 10.3. The number of aryl methyl sites for hydroxylation is 2. The normalized spacial score (nSPS) is 13.4. The molecule has 3 aromatic rings. The molecule has 4 rings (SSSR count). The van der Waals surface area contributed by atoms with Gasteiger partial charge in [-0.25, -0.2) is 4.98 Å². The Labute approximate surface area is 194 Å². The van der Waals surface area contributed by atoms with Gasteiger partial charge in [0, 0.05) is 30.2 Å². The van der Waals surface area contributed by atoms with Gasteiger partial charge in [-0.2, -0.15) is 0 Å². The molecule has 0 radical (unpaired) electrons. The predicted octanol–water partition coefficient (Wildman–Crippen LogP) is 4.22. The van der Waals surface area contributed by atoms with Crippen molar-refractivity contribution >= 4 is 50.8 Å². The maximum Gasteiger partial charge on any atom is 0.267 e. The van der Waals surface area contributed by atoms with E-state index in [1.807, 2.05) is 12.1 Å². The van der Waals surface area contributed by atoms with Crippen molar-refractivity contribution in [3.8, 4) is 5.69 Å². The average Bonchev–Trinajstić information content (AvgIpc) is 3.15. The van der Waals surface area contributed by atoms with Crippen LogP contribution in [-0.4, -0.2) is 41.5 Å². The molecule has 0 aliphatic heterocycles. The molecule has 0 spiro atoms. The van der Waals surface area contributed by atoms with Crippen molar-refractivity contribution in [2.24, 2.45) is 0 Å². The molecule has 164 valence electrons. The summed E-state index contributed by atoms with van der Waals surface area (Å²) in [7, 11) is 1.64. The van der Waals surface area contributed by atoms with Crippen LogP contribution in [0.4, 0.5) is 0 Å². The first-order chi connectivity index (χ1) is 15.1. The molecule has 1 aliphatic carbocycles. The zero-order chi connectivity index (χ0) is 21.8. The van der Waals surface area contributed by atoms with Crippen LogP contribution in [0.1, 0.15) is 29.7 Å².